The predicted octanol–water partition coefficient (Wildman–Crippen LogP) is 1.42. The SMILES string of the molecule is N#Cc1ccc(Nc2ccn[nH]2)nc1. The lowest BCUT2D eigenvalue weighted by atomic mass is 10.3. The van der Waals surface area contributed by atoms with Gasteiger partial charge in [-0.2, -0.15) is 10.4 Å². The van der Waals surface area contributed by atoms with E-state index in [-0.39, 0.29) is 0 Å². The predicted molar refractivity (Wildman–Crippen MR) is 50.8 cm³/mol. The van der Waals surface area contributed by atoms with Crippen LogP contribution in [0.3, 0.4) is 0 Å². The van der Waals surface area contributed by atoms with Gasteiger partial charge in [-0.05, 0) is 12.1 Å². The first-order valence-corrected chi connectivity index (χ1v) is 4.01. The van der Waals surface area contributed by atoms with Crippen LogP contribution in [0.25, 0.3) is 0 Å². The van der Waals surface area contributed by atoms with Crippen LogP contribution in [0.5, 0.6) is 0 Å². The van der Waals surface area contributed by atoms with Gasteiger partial charge in [-0.15, -0.1) is 0 Å². The van der Waals surface area contributed by atoms with Crippen LogP contribution in [0.4, 0.5) is 11.6 Å². The highest BCUT2D eigenvalue weighted by Crippen LogP contribution is 2.10. The molecular weight excluding hydrogens is 178 g/mol. The highest BCUT2D eigenvalue weighted by atomic mass is 15.2. The van der Waals surface area contributed by atoms with Crippen LogP contribution in [-0.2, 0) is 0 Å². The Hall–Kier alpha value is -2.35. The topological polar surface area (TPSA) is 77.4 Å². The minimum absolute atomic E-state index is 0.542. The third-order valence-corrected chi connectivity index (χ3v) is 1.66. The number of rotatable bonds is 2. The van der Waals surface area contributed by atoms with Crippen molar-refractivity contribution in [2.45, 2.75) is 0 Å². The van der Waals surface area contributed by atoms with E-state index in [1.54, 1.807) is 24.4 Å². The van der Waals surface area contributed by atoms with Crippen molar-refractivity contribution in [1.82, 2.24) is 15.2 Å². The van der Waals surface area contributed by atoms with E-state index >= 15 is 0 Å². The first kappa shape index (κ1) is 8.26. The molecule has 0 atom stereocenters. The Morgan fingerprint density at radius 3 is 2.86 bits per heavy atom. The van der Waals surface area contributed by atoms with Crippen molar-refractivity contribution >= 4 is 11.6 Å². The number of aromatic amines is 1. The lowest BCUT2D eigenvalue weighted by Gasteiger charge is -2.00. The minimum atomic E-state index is 0.542. The highest BCUT2D eigenvalue weighted by Gasteiger charge is 1.96. The zero-order chi connectivity index (χ0) is 9.80. The van der Waals surface area contributed by atoms with Crippen LogP contribution < -0.4 is 5.32 Å². The van der Waals surface area contributed by atoms with Crippen LogP contribution in [0, 0.1) is 11.3 Å². The van der Waals surface area contributed by atoms with Crippen LogP contribution in [-0.4, -0.2) is 15.2 Å². The van der Waals surface area contributed by atoms with E-state index in [1.165, 1.54) is 6.20 Å². The molecule has 0 bridgehead atoms. The Morgan fingerprint density at radius 1 is 1.36 bits per heavy atom. The molecule has 0 radical (unpaired) electrons. The van der Waals surface area contributed by atoms with E-state index in [1.807, 2.05) is 6.07 Å². The molecule has 68 valence electrons. The molecule has 0 fully saturated rings. The molecule has 0 saturated carbocycles. The molecule has 0 unspecified atom stereocenters. The van der Waals surface area contributed by atoms with Crippen molar-refractivity contribution in [1.29, 1.82) is 5.26 Å². The number of hydrogen-bond donors (Lipinski definition) is 2. The molecule has 2 aromatic rings. The maximum atomic E-state index is 8.56. The number of aromatic nitrogens is 3. The highest BCUT2D eigenvalue weighted by molar-refractivity contribution is 5.51. The summed E-state index contributed by atoms with van der Waals surface area (Å²) in [5.41, 5.74) is 0.542. The Balaban J connectivity index is 2.15. The van der Waals surface area contributed by atoms with Gasteiger partial charge < -0.3 is 5.32 Å². The molecule has 0 aliphatic heterocycles. The van der Waals surface area contributed by atoms with Crippen molar-refractivity contribution in [3.05, 3.63) is 36.2 Å². The summed E-state index contributed by atoms with van der Waals surface area (Å²) < 4.78 is 0. The third kappa shape index (κ3) is 1.69. The quantitative estimate of drug-likeness (QED) is 0.741. The molecule has 0 spiro atoms. The van der Waals surface area contributed by atoms with Gasteiger partial charge in [0.15, 0.2) is 0 Å². The lowest BCUT2D eigenvalue weighted by Crippen LogP contribution is -1.93. The fourth-order valence-electron chi connectivity index (χ4n) is 0.997. The number of nitrogens with zero attached hydrogens (tertiary/aromatic N) is 3. The average molecular weight is 185 g/mol. The zero-order valence-corrected chi connectivity index (χ0v) is 7.23. The van der Waals surface area contributed by atoms with Crippen molar-refractivity contribution in [3.8, 4) is 6.07 Å². The fraction of sp³-hybridized carbons (Fsp3) is 0. The Bertz CT molecular complexity index is 437. The molecule has 2 rings (SSSR count). The number of anilines is 2. The van der Waals surface area contributed by atoms with Crippen molar-refractivity contribution in [2.75, 3.05) is 5.32 Å². The molecule has 5 heteroatoms. The fourth-order valence-corrected chi connectivity index (χ4v) is 0.997. The summed E-state index contributed by atoms with van der Waals surface area (Å²) in [4.78, 5) is 4.04. The van der Waals surface area contributed by atoms with Gasteiger partial charge in [-0.1, -0.05) is 0 Å². The van der Waals surface area contributed by atoms with Crippen LogP contribution in [0.2, 0.25) is 0 Å². The van der Waals surface area contributed by atoms with E-state index in [9.17, 15) is 0 Å². The third-order valence-electron chi connectivity index (χ3n) is 1.66. The average Bonchev–Trinajstić information content (AvgIpc) is 2.72. The zero-order valence-electron chi connectivity index (χ0n) is 7.23. The van der Waals surface area contributed by atoms with Crippen LogP contribution in [0.1, 0.15) is 5.56 Å². The molecule has 14 heavy (non-hydrogen) atoms. The summed E-state index contributed by atoms with van der Waals surface area (Å²) in [6.07, 6.45) is 3.16. The van der Waals surface area contributed by atoms with Gasteiger partial charge in [0.1, 0.15) is 17.7 Å². The molecular formula is C9H7N5. The standard InChI is InChI=1S/C9H7N5/c10-5-7-1-2-8(11-6-7)13-9-3-4-12-14-9/h1-4,6H,(H2,11,12,13,14). The van der Waals surface area contributed by atoms with E-state index in [0.717, 1.165) is 5.82 Å². The summed E-state index contributed by atoms with van der Waals surface area (Å²) >= 11 is 0. The van der Waals surface area contributed by atoms with E-state index in [4.69, 9.17) is 5.26 Å². The molecule has 2 aromatic heterocycles. The van der Waals surface area contributed by atoms with Crippen LogP contribution in [0.15, 0.2) is 30.6 Å². The van der Waals surface area contributed by atoms with Crippen molar-refractivity contribution in [3.63, 3.8) is 0 Å². The number of nitrogens with one attached hydrogen (secondary N) is 2. The smallest absolute Gasteiger partial charge is 0.131 e. The van der Waals surface area contributed by atoms with E-state index in [0.29, 0.717) is 11.4 Å². The molecule has 0 aliphatic carbocycles. The van der Waals surface area contributed by atoms with Gasteiger partial charge in [-0.3, -0.25) is 5.10 Å². The maximum absolute atomic E-state index is 8.56. The van der Waals surface area contributed by atoms with Crippen molar-refractivity contribution in [2.24, 2.45) is 0 Å². The van der Waals surface area contributed by atoms with E-state index < -0.39 is 0 Å². The Labute approximate surface area is 80.4 Å². The minimum Gasteiger partial charge on any atom is -0.325 e. The number of hydrogen-bond acceptors (Lipinski definition) is 4. The number of nitriles is 1. The first-order valence-electron chi connectivity index (χ1n) is 4.01. The molecule has 0 amide bonds. The number of pyridine rings is 1. The van der Waals surface area contributed by atoms with E-state index in [2.05, 4.69) is 20.5 Å². The monoisotopic (exact) mass is 185 g/mol. The van der Waals surface area contributed by atoms with Gasteiger partial charge >= 0.3 is 0 Å². The summed E-state index contributed by atoms with van der Waals surface area (Å²) in [6, 6.07) is 7.23. The second-order valence-electron chi connectivity index (χ2n) is 2.64. The molecule has 2 heterocycles. The largest absolute Gasteiger partial charge is 0.325 e. The van der Waals surface area contributed by atoms with Crippen LogP contribution >= 0.6 is 0 Å². The first-order chi connectivity index (χ1) is 6.88. The normalized spacial score (nSPS) is 9.36. The summed E-state index contributed by atoms with van der Waals surface area (Å²) in [5.74, 6) is 1.44. The Kier molecular flexibility index (Phi) is 2.11. The molecule has 0 saturated heterocycles. The lowest BCUT2D eigenvalue weighted by molar-refractivity contribution is 1.09. The molecule has 0 aromatic carbocycles. The molecule has 0 aliphatic rings. The second-order valence-corrected chi connectivity index (χ2v) is 2.64. The van der Waals surface area contributed by atoms with Gasteiger partial charge in [0.25, 0.3) is 0 Å². The number of H-pyrrole nitrogens is 1. The maximum Gasteiger partial charge on any atom is 0.131 e. The Morgan fingerprint density at radius 2 is 2.29 bits per heavy atom. The van der Waals surface area contributed by atoms with Gasteiger partial charge in [0.2, 0.25) is 0 Å². The summed E-state index contributed by atoms with van der Waals surface area (Å²) in [5, 5.41) is 18.1. The second kappa shape index (κ2) is 3.58. The summed E-state index contributed by atoms with van der Waals surface area (Å²) in [6.45, 7) is 0. The molecule has 5 nitrogen and oxygen atoms in total. The van der Waals surface area contributed by atoms with Gasteiger partial charge in [0, 0.05) is 12.3 Å². The van der Waals surface area contributed by atoms with Gasteiger partial charge in [-0.25, -0.2) is 4.98 Å². The van der Waals surface area contributed by atoms with Crippen molar-refractivity contribution < 1.29 is 0 Å². The molecule has 2 N–H and O–H groups in total. The van der Waals surface area contributed by atoms with Gasteiger partial charge in [0.05, 0.1) is 11.8 Å². The summed E-state index contributed by atoms with van der Waals surface area (Å²) in [7, 11) is 0.